The first-order valence-electron chi connectivity index (χ1n) is 7.50. The van der Waals surface area contributed by atoms with Gasteiger partial charge in [-0.05, 0) is 21.0 Å². The highest BCUT2D eigenvalue weighted by atomic mass is 16.5. The van der Waals surface area contributed by atoms with E-state index < -0.39 is 48.4 Å². The summed E-state index contributed by atoms with van der Waals surface area (Å²) in [7, 11) is 2.98. The van der Waals surface area contributed by atoms with Crippen molar-refractivity contribution in [2.75, 3.05) is 27.2 Å². The minimum atomic E-state index is -1.83. The Labute approximate surface area is 140 Å². The summed E-state index contributed by atoms with van der Waals surface area (Å²) in [6, 6.07) is -2.23. The molecule has 0 fully saturated rings. The first kappa shape index (κ1) is 22.7. The highest BCUT2D eigenvalue weighted by Gasteiger charge is 2.35. The minimum absolute atomic E-state index is 0.128. The average Bonchev–Trinajstić information content (AvgIpc) is 2.44. The van der Waals surface area contributed by atoms with Crippen LogP contribution in [0.4, 0.5) is 0 Å². The molecular formula is C14H28N2O8. The van der Waals surface area contributed by atoms with Crippen LogP contribution in [0.3, 0.4) is 0 Å². The third kappa shape index (κ3) is 6.30. The predicted molar refractivity (Wildman–Crippen MR) is 82.9 cm³/mol. The first-order valence-corrected chi connectivity index (χ1v) is 7.50. The van der Waals surface area contributed by atoms with Crippen LogP contribution in [0.5, 0.6) is 0 Å². The first-order chi connectivity index (χ1) is 10.9. The van der Waals surface area contributed by atoms with Gasteiger partial charge >= 0.3 is 11.9 Å². The summed E-state index contributed by atoms with van der Waals surface area (Å²) in [6.07, 6.45) is -3.58. The van der Waals surface area contributed by atoms with Crippen molar-refractivity contribution in [1.29, 1.82) is 0 Å². The Bertz CT molecular complexity index is 418. The van der Waals surface area contributed by atoms with E-state index in [-0.39, 0.29) is 13.1 Å². The van der Waals surface area contributed by atoms with Crippen molar-refractivity contribution >= 4 is 11.9 Å². The highest BCUT2D eigenvalue weighted by Crippen LogP contribution is 2.17. The van der Waals surface area contributed by atoms with E-state index in [0.29, 0.717) is 0 Å². The molecule has 0 aromatic carbocycles. The largest absolute Gasteiger partial charge is 0.481 e. The number of aliphatic hydroxyl groups excluding tert-OH is 2. The third-order valence-corrected chi connectivity index (χ3v) is 4.22. The molecule has 0 saturated heterocycles. The lowest BCUT2D eigenvalue weighted by Gasteiger charge is -2.36. The number of carbonyl (C=O) groups is 2. The van der Waals surface area contributed by atoms with Crippen molar-refractivity contribution in [3.05, 3.63) is 0 Å². The number of rotatable bonds is 11. The number of carboxylic acid groups (broad SMARTS) is 2. The lowest BCUT2D eigenvalue weighted by molar-refractivity contribution is -0.163. The summed E-state index contributed by atoms with van der Waals surface area (Å²) in [6.45, 7) is 3.02. The van der Waals surface area contributed by atoms with E-state index in [2.05, 4.69) is 0 Å². The van der Waals surface area contributed by atoms with Gasteiger partial charge < -0.3 is 30.6 Å². The second kappa shape index (κ2) is 9.87. The van der Waals surface area contributed by atoms with Crippen LogP contribution in [0.25, 0.3) is 0 Å². The zero-order chi connectivity index (χ0) is 19.2. The number of carboxylic acids is 2. The average molecular weight is 352 g/mol. The minimum Gasteiger partial charge on any atom is -0.481 e. The molecule has 4 atom stereocenters. The Kier molecular flexibility index (Phi) is 9.33. The van der Waals surface area contributed by atoms with Gasteiger partial charge in [-0.1, -0.05) is 6.92 Å². The van der Waals surface area contributed by atoms with Crippen LogP contribution in [0.1, 0.15) is 13.8 Å². The Morgan fingerprint density at radius 1 is 0.833 bits per heavy atom. The number of aliphatic carboxylic acids is 2. The normalized spacial score (nSPS) is 17.3. The molecule has 0 aromatic heterocycles. The van der Waals surface area contributed by atoms with Crippen molar-refractivity contribution in [2.24, 2.45) is 11.8 Å². The monoisotopic (exact) mass is 352 g/mol. The fraction of sp³-hybridized carbons (Fsp3) is 0.857. The van der Waals surface area contributed by atoms with Crippen molar-refractivity contribution in [1.82, 2.24) is 9.80 Å². The van der Waals surface area contributed by atoms with E-state index in [9.17, 15) is 35.1 Å². The van der Waals surface area contributed by atoms with Gasteiger partial charge in [-0.2, -0.15) is 0 Å². The van der Waals surface area contributed by atoms with E-state index in [4.69, 9.17) is 5.11 Å². The molecule has 0 rings (SSSR count). The van der Waals surface area contributed by atoms with Gasteiger partial charge in [0, 0.05) is 19.0 Å². The molecule has 10 heteroatoms. The van der Waals surface area contributed by atoms with Gasteiger partial charge in [0.1, 0.15) is 6.04 Å². The maximum absolute atomic E-state index is 11.3. The molecule has 10 nitrogen and oxygen atoms in total. The van der Waals surface area contributed by atoms with Crippen LogP contribution < -0.4 is 0 Å². The lowest BCUT2D eigenvalue weighted by atomic mass is 9.99. The van der Waals surface area contributed by atoms with E-state index in [1.807, 2.05) is 0 Å². The van der Waals surface area contributed by atoms with Crippen LogP contribution >= 0.6 is 0 Å². The Morgan fingerprint density at radius 3 is 1.62 bits per heavy atom. The summed E-state index contributed by atoms with van der Waals surface area (Å²) in [5.74, 6) is -4.50. The fourth-order valence-electron chi connectivity index (χ4n) is 2.60. The van der Waals surface area contributed by atoms with E-state index in [0.717, 1.165) is 0 Å². The van der Waals surface area contributed by atoms with Crippen LogP contribution in [-0.4, -0.2) is 104 Å². The number of hydrogen-bond donors (Lipinski definition) is 6. The Hall–Kier alpha value is -1.30. The highest BCUT2D eigenvalue weighted by molar-refractivity contribution is 5.82. The van der Waals surface area contributed by atoms with Gasteiger partial charge in [0.15, 0.2) is 12.6 Å². The van der Waals surface area contributed by atoms with Gasteiger partial charge in [0.25, 0.3) is 0 Å². The van der Waals surface area contributed by atoms with E-state index >= 15 is 0 Å². The fourth-order valence-corrected chi connectivity index (χ4v) is 2.60. The molecule has 0 aliphatic rings. The zero-order valence-corrected chi connectivity index (χ0v) is 14.3. The molecule has 0 amide bonds. The summed E-state index contributed by atoms with van der Waals surface area (Å²) >= 11 is 0. The van der Waals surface area contributed by atoms with Gasteiger partial charge in [-0.15, -0.1) is 0 Å². The van der Waals surface area contributed by atoms with Gasteiger partial charge in [0.05, 0.1) is 12.0 Å². The lowest BCUT2D eigenvalue weighted by Crippen LogP contribution is -2.53. The van der Waals surface area contributed by atoms with Crippen molar-refractivity contribution in [2.45, 2.75) is 38.5 Å². The number of nitrogens with zero attached hydrogens (tertiary/aromatic N) is 2. The molecule has 0 aromatic rings. The summed E-state index contributed by atoms with van der Waals surface area (Å²) in [5, 5.41) is 55.5. The molecule has 0 bridgehead atoms. The van der Waals surface area contributed by atoms with Gasteiger partial charge in [0.2, 0.25) is 0 Å². The van der Waals surface area contributed by atoms with Crippen molar-refractivity contribution < 1.29 is 40.2 Å². The summed E-state index contributed by atoms with van der Waals surface area (Å²) < 4.78 is 0. The second-order valence-electron chi connectivity index (χ2n) is 6.05. The maximum Gasteiger partial charge on any atom is 0.321 e. The van der Waals surface area contributed by atoms with Gasteiger partial charge in [-0.3, -0.25) is 19.4 Å². The smallest absolute Gasteiger partial charge is 0.321 e. The molecule has 142 valence electrons. The molecule has 4 unspecified atom stereocenters. The van der Waals surface area contributed by atoms with Crippen LogP contribution in [0.2, 0.25) is 0 Å². The molecule has 0 aliphatic carbocycles. The van der Waals surface area contributed by atoms with Crippen molar-refractivity contribution in [3.63, 3.8) is 0 Å². The third-order valence-electron chi connectivity index (χ3n) is 4.22. The standard InChI is InChI=1S/C14H28N2O8/c1-7(11(17)18)9(13(21)22)15(3)5-6-16(4)10(14(23)24)8(2)12(19)20/h7-11,13,17-18,21-22H,5-6H2,1-4H3,(H,19,20)(H,23,24). The Morgan fingerprint density at radius 2 is 1.29 bits per heavy atom. The summed E-state index contributed by atoms with van der Waals surface area (Å²) in [4.78, 5) is 25.1. The zero-order valence-electron chi connectivity index (χ0n) is 14.3. The molecule has 0 spiro atoms. The summed E-state index contributed by atoms with van der Waals surface area (Å²) in [5.41, 5.74) is 0. The topological polar surface area (TPSA) is 162 Å². The predicted octanol–water partition coefficient (Wildman–Crippen LogP) is -2.35. The molecule has 0 radical (unpaired) electrons. The molecule has 0 aliphatic heterocycles. The van der Waals surface area contributed by atoms with Crippen LogP contribution in [0, 0.1) is 11.8 Å². The Balaban J connectivity index is 4.94. The van der Waals surface area contributed by atoms with Crippen LogP contribution in [0.15, 0.2) is 0 Å². The molecule has 6 N–H and O–H groups in total. The maximum atomic E-state index is 11.3. The number of aliphatic hydroxyl groups is 4. The SMILES string of the molecule is CC(C(=O)O)C(C(=O)O)N(C)CCN(C)C(C(O)O)C(C)C(O)O. The van der Waals surface area contributed by atoms with Crippen LogP contribution in [-0.2, 0) is 9.59 Å². The number of hydrogen-bond acceptors (Lipinski definition) is 8. The number of likely N-dealkylation sites (N-methyl/N-ethyl adjacent to an activating group) is 2. The quantitative estimate of drug-likeness (QED) is 0.222. The van der Waals surface area contributed by atoms with E-state index in [1.165, 1.54) is 37.7 Å². The van der Waals surface area contributed by atoms with Crippen molar-refractivity contribution in [3.8, 4) is 0 Å². The second-order valence-corrected chi connectivity index (χ2v) is 6.05. The molecule has 0 saturated carbocycles. The van der Waals surface area contributed by atoms with E-state index in [1.54, 1.807) is 0 Å². The molecule has 24 heavy (non-hydrogen) atoms. The molecule has 0 heterocycles. The van der Waals surface area contributed by atoms with Gasteiger partial charge in [-0.25, -0.2) is 0 Å². The molecular weight excluding hydrogens is 324 g/mol.